The molecule has 1 aliphatic rings. The Balaban J connectivity index is 1.38. The average molecular weight is 533 g/mol. The highest BCUT2D eigenvalue weighted by Crippen LogP contribution is 2.39. The normalized spacial score (nSPS) is 14.6. The first kappa shape index (κ1) is 25.2. The molecule has 1 aliphatic heterocycles. The van der Waals surface area contributed by atoms with E-state index < -0.39 is 23.9 Å². The van der Waals surface area contributed by atoms with Crippen molar-refractivity contribution in [3.63, 3.8) is 0 Å². The Bertz CT molecular complexity index is 1560. The zero-order valence-corrected chi connectivity index (χ0v) is 20.9. The fraction of sp³-hybridized carbons (Fsp3) is 0.185. The highest BCUT2D eigenvalue weighted by Gasteiger charge is 2.32. The number of para-hydroxylation sites is 1. The van der Waals surface area contributed by atoms with E-state index >= 15 is 0 Å². The van der Waals surface area contributed by atoms with Gasteiger partial charge in [0.15, 0.2) is 0 Å². The maximum absolute atomic E-state index is 13.3. The fourth-order valence-electron chi connectivity index (χ4n) is 4.74. The monoisotopic (exact) mass is 532 g/mol. The number of aromatic carboxylic acids is 1. The van der Waals surface area contributed by atoms with Crippen molar-refractivity contribution in [2.45, 2.75) is 19.0 Å². The molecule has 0 fully saturated rings. The molecule has 0 bridgehead atoms. The summed E-state index contributed by atoms with van der Waals surface area (Å²) >= 11 is 1.01. The Hall–Kier alpha value is -4.48. The largest absolute Gasteiger partial charge is 0.478 e. The maximum atomic E-state index is 13.3. The van der Waals surface area contributed by atoms with E-state index in [9.17, 15) is 24.3 Å². The minimum absolute atomic E-state index is 0.0288. The smallest absolute Gasteiger partial charge is 0.394 e. The summed E-state index contributed by atoms with van der Waals surface area (Å²) in [4.78, 5) is 48.6. The van der Waals surface area contributed by atoms with Gasteiger partial charge in [0.1, 0.15) is 5.00 Å². The minimum atomic E-state index is -1.71. The zero-order valence-electron chi connectivity index (χ0n) is 20.1. The standard InChI is InChI=1S/C27H24N4O6S/c32-23(18-14-31(13-15-6-2-1-3-7-15)20-9-5-4-8-16(18)20)29-12-19-22-17(10-11-28-19)21(26(34)35)25(38-22)30-24(33)27(36)37/h1-9,14,19,28H,10-13H2,(H,29,32)(H,30,33)(H,34,35)(H,36,37). The average Bonchev–Trinajstić information content (AvgIpc) is 3.46. The van der Waals surface area contributed by atoms with E-state index in [1.165, 1.54) is 0 Å². The van der Waals surface area contributed by atoms with E-state index in [2.05, 4.69) is 16.0 Å². The number of carboxylic acid groups (broad SMARTS) is 2. The Morgan fingerprint density at radius 1 is 1.03 bits per heavy atom. The van der Waals surface area contributed by atoms with E-state index in [4.69, 9.17) is 5.11 Å². The summed E-state index contributed by atoms with van der Waals surface area (Å²) in [5, 5.41) is 27.9. The van der Waals surface area contributed by atoms with Gasteiger partial charge in [-0.05, 0) is 30.2 Å². The van der Waals surface area contributed by atoms with Crippen LogP contribution < -0.4 is 16.0 Å². The molecule has 0 aliphatic carbocycles. The third-order valence-electron chi connectivity index (χ3n) is 6.45. The number of thiophene rings is 1. The second-order valence-electron chi connectivity index (χ2n) is 8.85. The molecule has 1 unspecified atom stereocenters. The van der Waals surface area contributed by atoms with E-state index in [-0.39, 0.29) is 23.0 Å². The Morgan fingerprint density at radius 3 is 2.50 bits per heavy atom. The highest BCUT2D eigenvalue weighted by atomic mass is 32.1. The first-order chi connectivity index (χ1) is 18.3. The molecule has 10 nitrogen and oxygen atoms in total. The number of aromatic nitrogens is 1. The van der Waals surface area contributed by atoms with Crippen LogP contribution in [0.3, 0.4) is 0 Å². The molecule has 4 aromatic rings. The number of aliphatic carboxylic acids is 1. The zero-order chi connectivity index (χ0) is 26.8. The third-order valence-corrected chi connectivity index (χ3v) is 7.71. The van der Waals surface area contributed by atoms with Gasteiger partial charge in [0.25, 0.3) is 5.91 Å². The number of nitrogens with zero attached hydrogens (tertiary/aromatic N) is 1. The first-order valence-electron chi connectivity index (χ1n) is 11.9. The van der Waals surface area contributed by atoms with Gasteiger partial charge in [-0.3, -0.25) is 9.59 Å². The quantitative estimate of drug-likeness (QED) is 0.230. The predicted octanol–water partition coefficient (Wildman–Crippen LogP) is 3.09. The molecule has 5 N–H and O–H groups in total. The minimum Gasteiger partial charge on any atom is -0.478 e. The lowest BCUT2D eigenvalue weighted by Crippen LogP contribution is -2.38. The second kappa shape index (κ2) is 10.5. The van der Waals surface area contributed by atoms with Crippen molar-refractivity contribution < 1.29 is 29.4 Å². The topological polar surface area (TPSA) is 150 Å². The van der Waals surface area contributed by atoms with Crippen molar-refractivity contribution in [3.8, 4) is 0 Å². The SMILES string of the molecule is O=C(O)C(=O)Nc1sc2c(c1C(=O)O)CCNC2CNC(=O)c1cn(Cc2ccccc2)c2ccccc12. The van der Waals surface area contributed by atoms with Crippen LogP contribution >= 0.6 is 11.3 Å². The molecule has 0 radical (unpaired) electrons. The number of rotatable bonds is 7. The molecule has 5 rings (SSSR count). The Morgan fingerprint density at radius 2 is 1.76 bits per heavy atom. The van der Waals surface area contributed by atoms with Crippen LogP contribution in [0.25, 0.3) is 10.9 Å². The summed E-state index contributed by atoms with van der Waals surface area (Å²) in [5.74, 6) is -4.53. The van der Waals surface area contributed by atoms with Gasteiger partial charge in [0, 0.05) is 35.1 Å². The van der Waals surface area contributed by atoms with E-state index in [0.29, 0.717) is 35.5 Å². The molecular weight excluding hydrogens is 508 g/mol. The van der Waals surface area contributed by atoms with Gasteiger partial charge in [-0.15, -0.1) is 11.3 Å². The van der Waals surface area contributed by atoms with Gasteiger partial charge >= 0.3 is 17.8 Å². The van der Waals surface area contributed by atoms with Gasteiger partial charge in [-0.25, -0.2) is 9.59 Å². The summed E-state index contributed by atoms with van der Waals surface area (Å²) < 4.78 is 2.03. The number of carbonyl (C=O) groups is 4. The van der Waals surface area contributed by atoms with Crippen LogP contribution in [-0.4, -0.2) is 51.6 Å². The molecule has 194 valence electrons. The Labute approximate surface area is 220 Å². The number of hydrogen-bond donors (Lipinski definition) is 5. The highest BCUT2D eigenvalue weighted by molar-refractivity contribution is 7.17. The molecule has 2 amide bonds. The molecule has 2 aromatic carbocycles. The summed E-state index contributed by atoms with van der Waals surface area (Å²) in [6.45, 7) is 1.25. The molecule has 1 atom stereocenters. The molecule has 2 aromatic heterocycles. The van der Waals surface area contributed by atoms with Crippen LogP contribution in [0.1, 0.15) is 42.8 Å². The predicted molar refractivity (Wildman–Crippen MR) is 142 cm³/mol. The molecule has 0 saturated carbocycles. The summed E-state index contributed by atoms with van der Waals surface area (Å²) in [6, 6.07) is 17.2. The molecule has 0 spiro atoms. The number of nitrogens with one attached hydrogen (secondary N) is 3. The molecule has 0 saturated heterocycles. The summed E-state index contributed by atoms with van der Waals surface area (Å²) in [5.41, 5.74) is 2.99. The van der Waals surface area contributed by atoms with Crippen LogP contribution in [0.5, 0.6) is 0 Å². The molecule has 11 heteroatoms. The van der Waals surface area contributed by atoms with Crippen LogP contribution in [0.4, 0.5) is 5.00 Å². The Kier molecular flexibility index (Phi) is 6.95. The van der Waals surface area contributed by atoms with Gasteiger partial charge in [0.2, 0.25) is 0 Å². The lowest BCUT2D eigenvalue weighted by Gasteiger charge is -2.24. The lowest BCUT2D eigenvalue weighted by atomic mass is 9.99. The van der Waals surface area contributed by atoms with Crippen LogP contribution in [0, 0.1) is 0 Å². The van der Waals surface area contributed by atoms with Crippen LogP contribution in [0.15, 0.2) is 60.8 Å². The molecular formula is C27H24N4O6S. The number of carbonyl (C=O) groups excluding carboxylic acids is 2. The number of amides is 2. The third kappa shape index (κ3) is 4.89. The number of fused-ring (bicyclic) bond motifs is 2. The number of benzene rings is 2. The fourth-order valence-corrected chi connectivity index (χ4v) is 6.05. The van der Waals surface area contributed by atoms with Gasteiger partial charge in [0.05, 0.1) is 17.2 Å². The van der Waals surface area contributed by atoms with Gasteiger partial charge in [-0.1, -0.05) is 48.5 Å². The van der Waals surface area contributed by atoms with Crippen molar-refractivity contribution in [3.05, 3.63) is 87.9 Å². The number of carboxylic acids is 2. The van der Waals surface area contributed by atoms with E-state index in [1.54, 1.807) is 0 Å². The second-order valence-corrected chi connectivity index (χ2v) is 9.91. The lowest BCUT2D eigenvalue weighted by molar-refractivity contribution is -0.147. The van der Waals surface area contributed by atoms with Crippen LogP contribution in [-0.2, 0) is 22.6 Å². The van der Waals surface area contributed by atoms with Crippen molar-refractivity contribution in [2.24, 2.45) is 0 Å². The molecule has 3 heterocycles. The van der Waals surface area contributed by atoms with Crippen molar-refractivity contribution >= 4 is 51.0 Å². The van der Waals surface area contributed by atoms with E-state index in [0.717, 1.165) is 27.8 Å². The number of anilines is 1. The van der Waals surface area contributed by atoms with E-state index in [1.807, 2.05) is 65.4 Å². The summed E-state index contributed by atoms with van der Waals surface area (Å²) in [7, 11) is 0. The molecule has 38 heavy (non-hydrogen) atoms. The van der Waals surface area contributed by atoms with Crippen LogP contribution in [0.2, 0.25) is 0 Å². The van der Waals surface area contributed by atoms with Crippen molar-refractivity contribution in [2.75, 3.05) is 18.4 Å². The van der Waals surface area contributed by atoms with Gasteiger partial charge < -0.3 is 30.7 Å². The van der Waals surface area contributed by atoms with Crippen molar-refractivity contribution in [1.29, 1.82) is 0 Å². The first-order valence-corrected chi connectivity index (χ1v) is 12.7. The number of hydrogen-bond acceptors (Lipinski definition) is 6. The van der Waals surface area contributed by atoms with Gasteiger partial charge in [-0.2, -0.15) is 0 Å². The summed E-state index contributed by atoms with van der Waals surface area (Å²) in [6.07, 6.45) is 2.23. The maximum Gasteiger partial charge on any atom is 0.394 e. The van der Waals surface area contributed by atoms with Crippen molar-refractivity contribution in [1.82, 2.24) is 15.2 Å².